The molecule has 31 heavy (non-hydrogen) atoms. The fraction of sp³-hybridized carbons (Fsp3) is 0.773. The van der Waals surface area contributed by atoms with Gasteiger partial charge in [0.2, 0.25) is 18.5 Å². The highest BCUT2D eigenvalue weighted by atomic mass is 28.4. The lowest BCUT2D eigenvalue weighted by atomic mass is 9.77. The molecule has 0 aliphatic carbocycles. The van der Waals surface area contributed by atoms with E-state index in [0.717, 1.165) is 0 Å². The van der Waals surface area contributed by atoms with Gasteiger partial charge in [0.25, 0.3) is 5.76 Å². The molecule has 9 heteroatoms. The Kier molecular flexibility index (Phi) is 8.44. The van der Waals surface area contributed by atoms with Gasteiger partial charge in [-0.1, -0.05) is 27.7 Å². The van der Waals surface area contributed by atoms with Crippen LogP contribution in [0.5, 0.6) is 0 Å². The zero-order valence-electron chi connectivity index (χ0n) is 20.4. The monoisotopic (exact) mass is 455 g/mol. The molecule has 0 unspecified atom stereocenters. The number of hydrogen-bond acceptors (Lipinski definition) is 7. The van der Waals surface area contributed by atoms with Gasteiger partial charge in [-0.2, -0.15) is 0 Å². The van der Waals surface area contributed by atoms with Gasteiger partial charge in [-0.3, -0.25) is 14.4 Å². The normalized spacial score (nSPS) is 21.2. The summed E-state index contributed by atoms with van der Waals surface area (Å²) in [5.74, 6) is -1.66. The molecule has 1 amide bonds. The Morgan fingerprint density at radius 2 is 1.65 bits per heavy atom. The molecule has 0 bridgehead atoms. The maximum absolute atomic E-state index is 12.8. The van der Waals surface area contributed by atoms with Gasteiger partial charge in [0.1, 0.15) is 0 Å². The third-order valence-corrected chi connectivity index (χ3v) is 10.6. The van der Waals surface area contributed by atoms with Crippen molar-refractivity contribution in [3.8, 4) is 0 Å². The largest absolute Gasteiger partial charge is 0.443 e. The van der Waals surface area contributed by atoms with E-state index in [9.17, 15) is 19.2 Å². The van der Waals surface area contributed by atoms with Crippen molar-refractivity contribution in [3.05, 3.63) is 5.76 Å². The van der Waals surface area contributed by atoms with Gasteiger partial charge < -0.3 is 19.2 Å². The minimum absolute atomic E-state index is 0.0236. The summed E-state index contributed by atoms with van der Waals surface area (Å²) in [7, 11) is -2.11. The first-order valence-electron chi connectivity index (χ1n) is 10.5. The number of hydrogen-bond donors (Lipinski definition) is 1. The molecule has 0 radical (unpaired) electrons. The number of ether oxygens (including phenoxy) is 2. The Morgan fingerprint density at radius 1 is 1.10 bits per heavy atom. The quantitative estimate of drug-likeness (QED) is 0.108. The highest BCUT2D eigenvalue weighted by Gasteiger charge is 2.51. The molecule has 1 fully saturated rings. The number of carbonyl (C=O) groups is 3. The topological polar surface area (TPSA) is 108 Å². The molecule has 1 N–H and O–H groups in total. The SMILES string of the molecule is C[C@@H](O[Si](C)(C)C(C)(C)C)[C@H]1C(=O)N[C@H]1[C@@H](C)C(=O)C(=C=O)OCOC(=O)C(C)(C)C. The number of nitrogens with one attached hydrogen (secondary N) is 1. The van der Waals surface area contributed by atoms with Crippen LogP contribution in [-0.4, -0.2) is 50.9 Å². The number of allylic oxidation sites excluding steroid dienone is 1. The molecule has 8 nitrogen and oxygen atoms in total. The number of amides is 1. The number of ketones is 1. The van der Waals surface area contributed by atoms with Gasteiger partial charge in [0.15, 0.2) is 14.3 Å². The van der Waals surface area contributed by atoms with E-state index in [1.165, 1.54) is 5.94 Å². The Hall–Kier alpha value is -1.96. The second kappa shape index (κ2) is 9.67. The fourth-order valence-electron chi connectivity index (χ4n) is 2.95. The minimum atomic E-state index is -2.11. The predicted molar refractivity (Wildman–Crippen MR) is 118 cm³/mol. The Morgan fingerprint density at radius 3 is 2.06 bits per heavy atom. The summed E-state index contributed by atoms with van der Waals surface area (Å²) in [6.45, 7) is 18.4. The van der Waals surface area contributed by atoms with Crippen molar-refractivity contribution in [2.45, 2.75) is 85.7 Å². The number of β-lactam (4-membered cyclic amide) rings is 1. The van der Waals surface area contributed by atoms with Crippen LogP contribution in [0.15, 0.2) is 5.76 Å². The minimum Gasteiger partial charge on any atom is -0.443 e. The summed E-state index contributed by atoms with van der Waals surface area (Å²) < 4.78 is 16.3. The van der Waals surface area contributed by atoms with Gasteiger partial charge in [-0.15, -0.1) is 0 Å². The van der Waals surface area contributed by atoms with Crippen molar-refractivity contribution in [1.82, 2.24) is 5.32 Å². The zero-order chi connectivity index (χ0) is 24.4. The van der Waals surface area contributed by atoms with E-state index in [2.05, 4.69) is 39.2 Å². The highest BCUT2D eigenvalue weighted by molar-refractivity contribution is 6.74. The van der Waals surface area contributed by atoms with Crippen molar-refractivity contribution in [2.75, 3.05) is 6.79 Å². The van der Waals surface area contributed by atoms with Crippen molar-refractivity contribution < 1.29 is 33.1 Å². The number of esters is 1. The lowest BCUT2D eigenvalue weighted by Gasteiger charge is -2.46. The Bertz CT molecular complexity index is 757. The summed E-state index contributed by atoms with van der Waals surface area (Å²) >= 11 is 0. The average molecular weight is 456 g/mol. The number of carbonyl (C=O) groups excluding carboxylic acids is 4. The van der Waals surface area contributed by atoms with Gasteiger partial charge in [0, 0.05) is 5.92 Å². The van der Waals surface area contributed by atoms with Crippen LogP contribution in [0.3, 0.4) is 0 Å². The molecule has 1 heterocycles. The lowest BCUT2D eigenvalue weighted by Crippen LogP contribution is -2.66. The third-order valence-electron chi connectivity index (χ3n) is 6.07. The average Bonchev–Trinajstić information content (AvgIpc) is 2.59. The lowest BCUT2D eigenvalue weighted by molar-refractivity contribution is -0.164. The van der Waals surface area contributed by atoms with E-state index in [0.29, 0.717) is 0 Å². The molecular weight excluding hydrogens is 418 g/mol. The maximum Gasteiger partial charge on any atom is 0.314 e. The van der Waals surface area contributed by atoms with Crippen LogP contribution in [0.1, 0.15) is 55.4 Å². The molecule has 1 saturated heterocycles. The molecule has 0 aromatic carbocycles. The highest BCUT2D eigenvalue weighted by Crippen LogP contribution is 2.39. The molecule has 0 aromatic rings. The molecule has 0 aromatic heterocycles. The summed E-state index contributed by atoms with van der Waals surface area (Å²) in [5, 5.41) is 2.72. The first kappa shape index (κ1) is 27.1. The van der Waals surface area contributed by atoms with Gasteiger partial charge in [-0.05, 0) is 45.8 Å². The molecule has 1 aliphatic rings. The molecular formula is C22H37NO7Si. The van der Waals surface area contributed by atoms with E-state index in [4.69, 9.17) is 13.9 Å². The van der Waals surface area contributed by atoms with Crippen molar-refractivity contribution in [3.63, 3.8) is 0 Å². The second-order valence-electron chi connectivity index (χ2n) is 10.7. The van der Waals surface area contributed by atoms with E-state index >= 15 is 0 Å². The summed E-state index contributed by atoms with van der Waals surface area (Å²) in [5.41, 5.74) is -0.741. The van der Waals surface area contributed by atoms with Crippen molar-refractivity contribution >= 4 is 31.9 Å². The number of Topliss-reactive ketones (excluding diaryl/α,β-unsaturated/α-hetero) is 1. The van der Waals surface area contributed by atoms with Crippen molar-refractivity contribution in [1.29, 1.82) is 0 Å². The molecule has 1 rings (SSSR count). The zero-order valence-corrected chi connectivity index (χ0v) is 21.4. The molecule has 4 atom stereocenters. The van der Waals surface area contributed by atoms with Crippen LogP contribution < -0.4 is 5.32 Å². The summed E-state index contributed by atoms with van der Waals surface area (Å²) in [6.07, 6.45) is -0.382. The number of rotatable bonds is 9. The standard InChI is InChI=1S/C22H37NO7Si/c1-13(18(25)15(11-24)28-12-29-20(27)21(3,4)5)17-16(19(26)23-17)14(2)30-31(9,10)22(6,7)8/h13-14,16-17H,12H2,1-10H3,(H,23,26)/t13-,14-,16-,17+/m1/s1. The van der Waals surface area contributed by atoms with Crippen LogP contribution in [0.4, 0.5) is 0 Å². The van der Waals surface area contributed by atoms with E-state index in [1.807, 2.05) is 6.92 Å². The molecule has 1 aliphatic heterocycles. The summed E-state index contributed by atoms with van der Waals surface area (Å²) in [4.78, 5) is 48.1. The van der Waals surface area contributed by atoms with Crippen LogP contribution in [0.25, 0.3) is 0 Å². The fourth-order valence-corrected chi connectivity index (χ4v) is 4.38. The van der Waals surface area contributed by atoms with E-state index in [-0.39, 0.29) is 17.0 Å². The smallest absolute Gasteiger partial charge is 0.314 e. The Labute approximate surface area is 186 Å². The Balaban J connectivity index is 2.80. The second-order valence-corrected chi connectivity index (χ2v) is 15.4. The van der Waals surface area contributed by atoms with Crippen LogP contribution in [0.2, 0.25) is 18.1 Å². The first-order chi connectivity index (χ1) is 13.9. The maximum atomic E-state index is 12.8. The van der Waals surface area contributed by atoms with Gasteiger partial charge >= 0.3 is 5.97 Å². The molecule has 0 spiro atoms. The van der Waals surface area contributed by atoms with Crippen LogP contribution >= 0.6 is 0 Å². The van der Waals surface area contributed by atoms with Crippen LogP contribution in [0, 0.1) is 17.3 Å². The van der Waals surface area contributed by atoms with E-state index in [1.54, 1.807) is 27.7 Å². The van der Waals surface area contributed by atoms with Crippen molar-refractivity contribution in [2.24, 2.45) is 17.3 Å². The molecule has 176 valence electrons. The van der Waals surface area contributed by atoms with E-state index < -0.39 is 55.9 Å². The van der Waals surface area contributed by atoms with Crippen LogP contribution in [-0.2, 0) is 33.1 Å². The molecule has 0 saturated carbocycles. The summed E-state index contributed by atoms with van der Waals surface area (Å²) in [6, 6.07) is -0.496. The van der Waals surface area contributed by atoms with Gasteiger partial charge in [-0.25, -0.2) is 4.79 Å². The third kappa shape index (κ3) is 6.51. The first-order valence-corrected chi connectivity index (χ1v) is 13.4. The van der Waals surface area contributed by atoms with Gasteiger partial charge in [0.05, 0.1) is 23.5 Å². The predicted octanol–water partition coefficient (Wildman–Crippen LogP) is 3.00.